The van der Waals surface area contributed by atoms with Crippen molar-refractivity contribution in [3.05, 3.63) is 65.7 Å². The van der Waals surface area contributed by atoms with Crippen molar-refractivity contribution in [2.75, 3.05) is 0 Å². The Hall–Kier alpha value is -2.76. The summed E-state index contributed by atoms with van der Waals surface area (Å²) in [6, 6.07) is 16.0. The van der Waals surface area contributed by atoms with Crippen LogP contribution in [-0.4, -0.2) is 30.4 Å². The number of rotatable bonds is 8. The van der Waals surface area contributed by atoms with E-state index in [1.54, 1.807) is 24.3 Å². The van der Waals surface area contributed by atoms with Crippen molar-refractivity contribution < 1.29 is 19.3 Å². The number of carboxylic acids is 1. The zero-order valence-electron chi connectivity index (χ0n) is 12.5. The van der Waals surface area contributed by atoms with Crippen LogP contribution in [0.15, 0.2) is 59.6 Å². The van der Waals surface area contributed by atoms with Crippen LogP contribution in [0.4, 0.5) is 0 Å². The van der Waals surface area contributed by atoms with Crippen LogP contribution in [0.25, 0.3) is 0 Å². The van der Waals surface area contributed by atoms with Gasteiger partial charge in [0, 0.05) is 0 Å². The molecule has 116 valence electrons. The van der Waals surface area contributed by atoms with Crippen molar-refractivity contribution in [2.45, 2.75) is 19.1 Å². The van der Waals surface area contributed by atoms with Gasteiger partial charge in [-0.3, -0.25) is 0 Å². The number of hydrogen-bond acceptors (Lipinski definition) is 4. The monoisotopic (exact) mass is 309 g/mol. The number of carboxylic acid groups (broad SMARTS) is 1. The molecule has 0 aliphatic carbocycles. The molecule has 0 heterocycles. The second kappa shape index (κ2) is 8.63. The van der Waals surface area contributed by atoms with Crippen molar-refractivity contribution in [1.29, 1.82) is 0 Å². The third kappa shape index (κ3) is 5.50. The molecule has 6 heteroatoms. The Morgan fingerprint density at radius 3 is 2.43 bits per heavy atom. The Labute approximate surface area is 134 Å². The summed E-state index contributed by atoms with van der Waals surface area (Å²) in [5.74, 6) is -0.353. The van der Waals surface area contributed by atoms with Gasteiger partial charge in [-0.05, 0) is 0 Å². The van der Waals surface area contributed by atoms with Crippen molar-refractivity contribution in [3.8, 4) is 5.75 Å². The minimum atomic E-state index is -1.06. The molecule has 2 aromatic carbocycles. The number of hydrogen-bond donors (Lipinski definition) is 1. The molecule has 0 amide bonds. The van der Waals surface area contributed by atoms with Crippen LogP contribution in [0.3, 0.4) is 0 Å². The molecular weight excluding hydrogens is 293 g/mol. The molecule has 1 atom stereocenters. The number of nitrogens with zero attached hydrogens (tertiary/aromatic N) is 1. The molecule has 1 unspecified atom stereocenters. The molecule has 5 nitrogen and oxygen atoms in total. The summed E-state index contributed by atoms with van der Waals surface area (Å²) in [6.07, 6.45) is 1.19. The van der Waals surface area contributed by atoms with Crippen LogP contribution >= 0.6 is 0 Å². The van der Waals surface area contributed by atoms with Crippen LogP contribution in [-0.2, 0) is 22.5 Å². The zero-order chi connectivity index (χ0) is 16.5. The van der Waals surface area contributed by atoms with Gasteiger partial charge in [-0.15, -0.1) is 0 Å². The maximum atomic E-state index is 11.1. The summed E-state index contributed by atoms with van der Waals surface area (Å²) in [4.78, 5) is 14.8. The molecule has 0 aliphatic heterocycles. The SMILES string of the molecule is O=BC=NC(Cc1ccc(OCc2ccccc2)cc1)C(=O)O. The first-order chi connectivity index (χ1) is 11.2. The molecule has 0 aromatic heterocycles. The fourth-order valence-corrected chi connectivity index (χ4v) is 2.03. The number of benzene rings is 2. The molecule has 1 N–H and O–H groups in total. The van der Waals surface area contributed by atoms with Gasteiger partial charge in [0.15, 0.2) is 0 Å². The minimum absolute atomic E-state index is 0.221. The molecule has 2 aromatic rings. The fourth-order valence-electron chi connectivity index (χ4n) is 2.03. The summed E-state index contributed by atoms with van der Waals surface area (Å²) in [7, 11) is 0.469. The van der Waals surface area contributed by atoms with Crippen molar-refractivity contribution in [1.82, 2.24) is 0 Å². The topological polar surface area (TPSA) is 76.0 Å². The second-order valence-corrected chi connectivity index (χ2v) is 4.91. The van der Waals surface area contributed by atoms with Gasteiger partial charge in [-0.25, -0.2) is 0 Å². The van der Waals surface area contributed by atoms with Gasteiger partial charge in [-0.2, -0.15) is 0 Å². The average Bonchev–Trinajstić information content (AvgIpc) is 2.58. The van der Waals surface area contributed by atoms with E-state index in [2.05, 4.69) is 4.99 Å². The van der Waals surface area contributed by atoms with Gasteiger partial charge >= 0.3 is 116 Å². The molecule has 0 spiro atoms. The van der Waals surface area contributed by atoms with E-state index in [0.29, 0.717) is 19.5 Å². The predicted octanol–water partition coefficient (Wildman–Crippen LogP) is 2.34. The first kappa shape index (κ1) is 16.6. The normalized spacial score (nSPS) is 11.8. The van der Waals surface area contributed by atoms with Gasteiger partial charge < -0.3 is 0 Å². The second-order valence-electron chi connectivity index (χ2n) is 4.91. The molecule has 0 fully saturated rings. The van der Waals surface area contributed by atoms with Gasteiger partial charge in [0.25, 0.3) is 0 Å². The molecule has 0 bridgehead atoms. The quantitative estimate of drug-likeness (QED) is 0.600. The van der Waals surface area contributed by atoms with Gasteiger partial charge in [0.05, 0.1) is 0 Å². The van der Waals surface area contributed by atoms with Crippen molar-refractivity contribution >= 4 is 19.2 Å². The van der Waals surface area contributed by atoms with Crippen LogP contribution < -0.4 is 4.74 Å². The third-order valence-corrected chi connectivity index (χ3v) is 3.21. The first-order valence-corrected chi connectivity index (χ1v) is 7.14. The summed E-state index contributed by atoms with van der Waals surface area (Å²) in [5.41, 5.74) is 1.89. The van der Waals surface area contributed by atoms with E-state index >= 15 is 0 Å². The Morgan fingerprint density at radius 2 is 1.83 bits per heavy atom. The van der Waals surface area contributed by atoms with E-state index in [0.717, 1.165) is 17.2 Å². The Kier molecular flexibility index (Phi) is 6.23. The van der Waals surface area contributed by atoms with Gasteiger partial charge in [0.2, 0.25) is 0 Å². The molecular formula is C17H16BNO4. The fraction of sp³-hybridized carbons (Fsp3) is 0.176. The molecule has 2 rings (SSSR count). The van der Waals surface area contributed by atoms with Crippen LogP contribution in [0, 0.1) is 0 Å². The van der Waals surface area contributed by atoms with Gasteiger partial charge in [0.1, 0.15) is 0 Å². The number of ether oxygens (including phenoxy) is 1. The number of carbonyl (C=O) groups is 1. The zero-order valence-corrected chi connectivity index (χ0v) is 12.5. The Morgan fingerprint density at radius 1 is 1.13 bits per heavy atom. The van der Waals surface area contributed by atoms with Crippen LogP contribution in [0.2, 0.25) is 0 Å². The van der Waals surface area contributed by atoms with E-state index in [-0.39, 0.29) is 6.42 Å². The Bertz CT molecular complexity index is 671. The summed E-state index contributed by atoms with van der Waals surface area (Å²) >= 11 is 0. The van der Waals surface area contributed by atoms with Crippen molar-refractivity contribution in [2.24, 2.45) is 4.99 Å². The standard InChI is InChI=1S/C17H16BNO4/c20-17(21)16(19-12-18-22)10-13-6-8-15(9-7-13)23-11-14-4-2-1-3-5-14/h1-9,12,16H,10-11H2,(H,20,21). The third-order valence-electron chi connectivity index (χ3n) is 3.21. The molecule has 0 aliphatic rings. The first-order valence-electron chi connectivity index (χ1n) is 7.14. The van der Waals surface area contributed by atoms with Crippen LogP contribution in [0.1, 0.15) is 11.1 Å². The summed E-state index contributed by atoms with van der Waals surface area (Å²) < 4.78 is 15.9. The van der Waals surface area contributed by atoms with E-state index in [9.17, 15) is 9.50 Å². The van der Waals surface area contributed by atoms with E-state index in [1.807, 2.05) is 30.3 Å². The number of aliphatic imine (C=N–C) groups is 1. The number of aliphatic carboxylic acids is 1. The summed E-state index contributed by atoms with van der Waals surface area (Å²) in [5, 5.41) is 9.07. The maximum absolute atomic E-state index is 11.1. The summed E-state index contributed by atoms with van der Waals surface area (Å²) in [6.45, 7) is 0.474. The van der Waals surface area contributed by atoms with E-state index < -0.39 is 12.0 Å². The van der Waals surface area contributed by atoms with E-state index in [1.165, 1.54) is 0 Å². The average molecular weight is 309 g/mol. The molecule has 0 saturated heterocycles. The van der Waals surface area contributed by atoms with Crippen molar-refractivity contribution in [3.63, 3.8) is 0 Å². The molecule has 0 radical (unpaired) electrons. The molecule has 0 saturated carbocycles. The predicted molar refractivity (Wildman–Crippen MR) is 87.3 cm³/mol. The van der Waals surface area contributed by atoms with E-state index in [4.69, 9.17) is 9.84 Å². The van der Waals surface area contributed by atoms with Crippen LogP contribution in [0.5, 0.6) is 5.75 Å². The Balaban J connectivity index is 1.94. The molecule has 23 heavy (non-hydrogen) atoms. The van der Waals surface area contributed by atoms with Gasteiger partial charge in [-0.1, -0.05) is 18.2 Å².